The number of aliphatic hydroxyl groups is 1. The van der Waals surface area contributed by atoms with Gasteiger partial charge in [0.25, 0.3) is 0 Å². The van der Waals surface area contributed by atoms with Crippen molar-refractivity contribution in [2.75, 3.05) is 6.54 Å². The van der Waals surface area contributed by atoms with Gasteiger partial charge in [-0.2, -0.15) is 0 Å². The molecule has 2 N–H and O–H groups in total. The summed E-state index contributed by atoms with van der Waals surface area (Å²) in [4.78, 5) is 19.0. The van der Waals surface area contributed by atoms with Gasteiger partial charge in [-0.15, -0.1) is 0 Å². The molecular formula is C5H9NO5. The van der Waals surface area contributed by atoms with E-state index in [1.165, 1.54) is 0 Å². The maximum absolute atomic E-state index is 9.91. The largest absolute Gasteiger partial charge is 0.481 e. The molecule has 0 rings (SSSR count). The van der Waals surface area contributed by atoms with Gasteiger partial charge in [-0.05, 0) is 6.42 Å². The summed E-state index contributed by atoms with van der Waals surface area (Å²) in [6, 6.07) is 0. The number of carbonyl (C=O) groups is 1. The van der Waals surface area contributed by atoms with Gasteiger partial charge in [0.1, 0.15) is 6.10 Å². The van der Waals surface area contributed by atoms with E-state index < -0.39 is 23.5 Å². The van der Waals surface area contributed by atoms with Crippen LogP contribution in [0, 0.1) is 10.1 Å². The van der Waals surface area contributed by atoms with E-state index in [4.69, 9.17) is 10.2 Å². The summed E-state index contributed by atoms with van der Waals surface area (Å²) in [6.07, 6.45) is -1.47. The van der Waals surface area contributed by atoms with E-state index in [-0.39, 0.29) is 12.8 Å². The average Bonchev–Trinajstić information content (AvgIpc) is 1.82. The molecule has 0 amide bonds. The Bertz CT molecular complexity index is 157. The molecule has 0 aliphatic heterocycles. The summed E-state index contributed by atoms with van der Waals surface area (Å²) in [5.74, 6) is -1.06. The number of carboxylic acids is 1. The van der Waals surface area contributed by atoms with Crippen LogP contribution in [0.5, 0.6) is 0 Å². The Morgan fingerprint density at radius 2 is 2.18 bits per heavy atom. The highest BCUT2D eigenvalue weighted by atomic mass is 16.6. The maximum atomic E-state index is 9.91. The number of nitrogens with zero attached hydrogens (tertiary/aromatic N) is 1. The van der Waals surface area contributed by atoms with E-state index in [0.29, 0.717) is 0 Å². The molecule has 0 bridgehead atoms. The first kappa shape index (κ1) is 9.83. The molecule has 0 saturated heterocycles. The Kier molecular flexibility index (Phi) is 4.12. The molecule has 0 radical (unpaired) electrons. The van der Waals surface area contributed by atoms with Crippen molar-refractivity contribution in [1.29, 1.82) is 0 Å². The Labute approximate surface area is 62.6 Å². The fraction of sp³-hybridized carbons (Fsp3) is 0.800. The number of hydrogen-bond donors (Lipinski definition) is 2. The maximum Gasteiger partial charge on any atom is 0.303 e. The Morgan fingerprint density at radius 3 is 2.55 bits per heavy atom. The van der Waals surface area contributed by atoms with Crippen molar-refractivity contribution in [3.63, 3.8) is 0 Å². The third-order valence-electron chi connectivity index (χ3n) is 1.05. The lowest BCUT2D eigenvalue weighted by atomic mass is 10.2. The second-order valence-corrected chi connectivity index (χ2v) is 2.10. The van der Waals surface area contributed by atoms with Crippen molar-refractivity contribution >= 4 is 5.97 Å². The smallest absolute Gasteiger partial charge is 0.303 e. The van der Waals surface area contributed by atoms with Crippen LogP contribution in [0.25, 0.3) is 0 Å². The van der Waals surface area contributed by atoms with Crippen LogP contribution in [0.1, 0.15) is 12.8 Å². The van der Waals surface area contributed by atoms with Crippen molar-refractivity contribution in [2.45, 2.75) is 18.9 Å². The SMILES string of the molecule is O=C(O)CCC(O)C[N+](=O)[O-]. The molecule has 6 heteroatoms. The van der Waals surface area contributed by atoms with Gasteiger partial charge in [0, 0.05) is 11.3 Å². The van der Waals surface area contributed by atoms with Gasteiger partial charge in [0.05, 0.1) is 0 Å². The molecular weight excluding hydrogens is 154 g/mol. The number of rotatable bonds is 5. The summed E-state index contributed by atoms with van der Waals surface area (Å²) in [5, 5.41) is 26.6. The Hall–Kier alpha value is -1.17. The van der Waals surface area contributed by atoms with Crippen LogP contribution in [-0.4, -0.2) is 33.8 Å². The van der Waals surface area contributed by atoms with Crippen LogP contribution < -0.4 is 0 Å². The van der Waals surface area contributed by atoms with E-state index in [9.17, 15) is 14.9 Å². The second-order valence-electron chi connectivity index (χ2n) is 2.10. The van der Waals surface area contributed by atoms with Gasteiger partial charge in [0.2, 0.25) is 6.54 Å². The Morgan fingerprint density at radius 1 is 1.64 bits per heavy atom. The zero-order valence-electron chi connectivity index (χ0n) is 5.77. The third kappa shape index (κ3) is 6.72. The number of aliphatic carboxylic acids is 1. The number of carboxylic acid groups (broad SMARTS) is 1. The lowest BCUT2D eigenvalue weighted by Crippen LogP contribution is -2.20. The first-order valence-corrected chi connectivity index (χ1v) is 3.04. The molecule has 0 aliphatic carbocycles. The molecule has 0 fully saturated rings. The first-order chi connectivity index (χ1) is 5.02. The molecule has 0 aromatic carbocycles. The van der Waals surface area contributed by atoms with E-state index in [0.717, 1.165) is 0 Å². The standard InChI is InChI=1S/C5H9NO5/c7-4(3-6(10)11)1-2-5(8)9/h4,7H,1-3H2,(H,8,9). The summed E-state index contributed by atoms with van der Waals surface area (Å²) < 4.78 is 0. The molecule has 0 aromatic heterocycles. The molecule has 0 heterocycles. The van der Waals surface area contributed by atoms with Crippen LogP contribution in [-0.2, 0) is 4.79 Å². The van der Waals surface area contributed by atoms with Gasteiger partial charge < -0.3 is 10.2 Å². The quantitative estimate of drug-likeness (QED) is 0.419. The lowest BCUT2D eigenvalue weighted by molar-refractivity contribution is -0.490. The summed E-state index contributed by atoms with van der Waals surface area (Å²) in [6.45, 7) is -0.590. The van der Waals surface area contributed by atoms with E-state index >= 15 is 0 Å². The van der Waals surface area contributed by atoms with Crippen molar-refractivity contribution in [3.05, 3.63) is 10.1 Å². The number of aliphatic hydroxyl groups excluding tert-OH is 1. The predicted octanol–water partition coefficient (Wildman–Crippen LogP) is -0.511. The minimum Gasteiger partial charge on any atom is -0.481 e. The zero-order chi connectivity index (χ0) is 8.85. The normalized spacial score (nSPS) is 12.5. The molecule has 6 nitrogen and oxygen atoms in total. The van der Waals surface area contributed by atoms with Crippen molar-refractivity contribution in [3.8, 4) is 0 Å². The molecule has 0 aliphatic rings. The second kappa shape index (κ2) is 4.62. The molecule has 0 spiro atoms. The molecule has 1 unspecified atom stereocenters. The van der Waals surface area contributed by atoms with Gasteiger partial charge in [-0.25, -0.2) is 0 Å². The number of nitro groups is 1. The van der Waals surface area contributed by atoms with Gasteiger partial charge in [-0.3, -0.25) is 14.9 Å². The minimum absolute atomic E-state index is 0.0731. The summed E-state index contributed by atoms with van der Waals surface area (Å²) in [7, 11) is 0. The topological polar surface area (TPSA) is 101 Å². The third-order valence-corrected chi connectivity index (χ3v) is 1.05. The lowest BCUT2D eigenvalue weighted by Gasteiger charge is -2.01. The molecule has 64 valence electrons. The van der Waals surface area contributed by atoms with Gasteiger partial charge >= 0.3 is 5.97 Å². The molecule has 0 aromatic rings. The van der Waals surface area contributed by atoms with Gasteiger partial charge in [-0.1, -0.05) is 0 Å². The molecule has 1 atom stereocenters. The predicted molar refractivity (Wildman–Crippen MR) is 34.7 cm³/mol. The van der Waals surface area contributed by atoms with E-state index in [1.807, 2.05) is 0 Å². The monoisotopic (exact) mass is 163 g/mol. The van der Waals surface area contributed by atoms with E-state index in [2.05, 4.69) is 0 Å². The van der Waals surface area contributed by atoms with Crippen LogP contribution in [0.2, 0.25) is 0 Å². The van der Waals surface area contributed by atoms with Crippen LogP contribution >= 0.6 is 0 Å². The fourth-order valence-electron chi connectivity index (χ4n) is 0.553. The van der Waals surface area contributed by atoms with Gasteiger partial charge in [0.15, 0.2) is 0 Å². The van der Waals surface area contributed by atoms with Crippen molar-refractivity contribution in [2.24, 2.45) is 0 Å². The molecule has 11 heavy (non-hydrogen) atoms. The van der Waals surface area contributed by atoms with E-state index in [1.54, 1.807) is 0 Å². The van der Waals surface area contributed by atoms with Crippen molar-refractivity contribution in [1.82, 2.24) is 0 Å². The summed E-state index contributed by atoms with van der Waals surface area (Å²) in [5.41, 5.74) is 0. The highest BCUT2D eigenvalue weighted by Gasteiger charge is 2.12. The van der Waals surface area contributed by atoms with Crippen LogP contribution in [0.3, 0.4) is 0 Å². The summed E-state index contributed by atoms with van der Waals surface area (Å²) >= 11 is 0. The highest BCUT2D eigenvalue weighted by Crippen LogP contribution is 1.96. The highest BCUT2D eigenvalue weighted by molar-refractivity contribution is 5.66. The molecule has 0 saturated carbocycles. The average molecular weight is 163 g/mol. The van der Waals surface area contributed by atoms with Crippen LogP contribution in [0.4, 0.5) is 0 Å². The first-order valence-electron chi connectivity index (χ1n) is 3.04. The zero-order valence-corrected chi connectivity index (χ0v) is 5.77. The van der Waals surface area contributed by atoms with Crippen LogP contribution in [0.15, 0.2) is 0 Å². The fourth-order valence-corrected chi connectivity index (χ4v) is 0.553. The minimum atomic E-state index is -1.15. The number of hydrogen-bond acceptors (Lipinski definition) is 4. The van der Waals surface area contributed by atoms with Crippen molar-refractivity contribution < 1.29 is 19.9 Å². The Balaban J connectivity index is 3.44.